The Morgan fingerprint density at radius 2 is 2.00 bits per heavy atom. The van der Waals surface area contributed by atoms with Gasteiger partial charge in [0.1, 0.15) is 21.7 Å². The van der Waals surface area contributed by atoms with Gasteiger partial charge in [0.15, 0.2) is 0 Å². The van der Waals surface area contributed by atoms with Gasteiger partial charge in [0, 0.05) is 19.6 Å². The predicted molar refractivity (Wildman–Crippen MR) is 101 cm³/mol. The number of hydrogen-bond acceptors (Lipinski definition) is 6. The number of hydrogen-bond donors (Lipinski definition) is 1. The topological polar surface area (TPSA) is 75.2 Å². The first-order valence-electron chi connectivity index (χ1n) is 7.77. The van der Waals surface area contributed by atoms with Gasteiger partial charge in [0.05, 0.1) is 17.8 Å². The van der Waals surface area contributed by atoms with Gasteiger partial charge in [-0.05, 0) is 29.8 Å². The van der Waals surface area contributed by atoms with Crippen molar-refractivity contribution in [2.45, 2.75) is 10.9 Å². The van der Waals surface area contributed by atoms with Crippen molar-refractivity contribution in [1.29, 1.82) is 0 Å². The van der Waals surface area contributed by atoms with E-state index in [4.69, 9.17) is 0 Å². The van der Waals surface area contributed by atoms with Gasteiger partial charge in [0.2, 0.25) is 10.0 Å². The lowest BCUT2D eigenvalue weighted by Crippen LogP contribution is -2.48. The molecule has 0 spiro atoms. The van der Waals surface area contributed by atoms with Gasteiger partial charge in [0.25, 0.3) is 0 Å². The maximum Gasteiger partial charge on any atom is 0.245 e. The number of rotatable bonds is 3. The summed E-state index contributed by atoms with van der Waals surface area (Å²) in [5.41, 5.74) is 1.56. The summed E-state index contributed by atoms with van der Waals surface area (Å²) in [7, 11) is -3.79. The molecule has 0 amide bonds. The fourth-order valence-corrected chi connectivity index (χ4v) is 5.46. The Kier molecular flexibility index (Phi) is 5.54. The number of nitrogens with zero attached hydrogens (tertiary/aromatic N) is 3. The molecular weight excluding hydrogens is 399 g/mol. The Labute approximate surface area is 160 Å². The van der Waals surface area contributed by atoms with E-state index in [9.17, 15) is 12.8 Å². The summed E-state index contributed by atoms with van der Waals surface area (Å²) in [6, 6.07) is 10.5. The van der Waals surface area contributed by atoms with E-state index in [0.29, 0.717) is 36.2 Å². The van der Waals surface area contributed by atoms with E-state index in [-0.39, 0.29) is 23.1 Å². The SMILES string of the molecule is Cl.O=S(=O)(c1cccc2nsnc12)N1CCNCC1c1cccc(F)c1. The van der Waals surface area contributed by atoms with Crippen LogP contribution in [0.25, 0.3) is 11.0 Å². The number of nitrogens with one attached hydrogen (secondary N) is 1. The van der Waals surface area contributed by atoms with Crippen LogP contribution in [0.15, 0.2) is 47.4 Å². The van der Waals surface area contributed by atoms with E-state index in [1.807, 2.05) is 0 Å². The van der Waals surface area contributed by atoms with Crippen LogP contribution in [0.1, 0.15) is 11.6 Å². The number of aromatic nitrogens is 2. The molecule has 1 aliphatic heterocycles. The molecular formula is C16H16ClFN4O2S2. The fourth-order valence-electron chi connectivity index (χ4n) is 3.09. The van der Waals surface area contributed by atoms with Gasteiger partial charge in [-0.2, -0.15) is 13.1 Å². The van der Waals surface area contributed by atoms with Crippen molar-refractivity contribution >= 4 is 45.2 Å². The lowest BCUT2D eigenvalue weighted by molar-refractivity contribution is 0.271. The molecule has 1 saturated heterocycles. The van der Waals surface area contributed by atoms with E-state index in [1.54, 1.807) is 30.3 Å². The van der Waals surface area contributed by atoms with Crippen LogP contribution >= 0.6 is 24.1 Å². The van der Waals surface area contributed by atoms with Crippen molar-refractivity contribution in [3.63, 3.8) is 0 Å². The Bertz CT molecular complexity index is 1030. The third-order valence-corrected chi connectivity index (χ3v) is 6.75. The Hall–Kier alpha value is -1.65. The normalized spacial score (nSPS) is 18.6. The number of halogens is 2. The molecule has 3 aromatic rings. The summed E-state index contributed by atoms with van der Waals surface area (Å²) in [4.78, 5) is 0.141. The summed E-state index contributed by atoms with van der Waals surface area (Å²) in [5.74, 6) is -0.383. The monoisotopic (exact) mass is 414 g/mol. The predicted octanol–water partition coefficient (Wildman–Crippen LogP) is 2.59. The Balaban J connectivity index is 0.00000196. The third kappa shape index (κ3) is 3.33. The van der Waals surface area contributed by atoms with Crippen LogP contribution in [-0.4, -0.2) is 41.1 Å². The molecule has 6 nitrogen and oxygen atoms in total. The zero-order valence-electron chi connectivity index (χ0n) is 13.5. The fraction of sp³-hybridized carbons (Fsp3) is 0.250. The molecule has 1 atom stereocenters. The molecule has 2 aromatic carbocycles. The molecule has 10 heteroatoms. The number of fused-ring (bicyclic) bond motifs is 1. The first kappa shape index (κ1) is 19.1. The minimum absolute atomic E-state index is 0. The number of piperazine rings is 1. The van der Waals surface area contributed by atoms with Crippen molar-refractivity contribution in [2.75, 3.05) is 19.6 Å². The highest BCUT2D eigenvalue weighted by molar-refractivity contribution is 7.89. The average Bonchev–Trinajstić information content (AvgIpc) is 3.10. The van der Waals surface area contributed by atoms with E-state index in [2.05, 4.69) is 14.1 Å². The minimum atomic E-state index is -3.79. The van der Waals surface area contributed by atoms with Crippen LogP contribution in [0, 0.1) is 5.82 Å². The minimum Gasteiger partial charge on any atom is -0.313 e. The van der Waals surface area contributed by atoms with Crippen molar-refractivity contribution < 1.29 is 12.8 Å². The van der Waals surface area contributed by atoms with Crippen LogP contribution < -0.4 is 5.32 Å². The highest BCUT2D eigenvalue weighted by Gasteiger charge is 2.36. The van der Waals surface area contributed by atoms with Crippen LogP contribution in [0.3, 0.4) is 0 Å². The maximum atomic E-state index is 13.6. The molecule has 1 aliphatic rings. The largest absolute Gasteiger partial charge is 0.313 e. The summed E-state index contributed by atoms with van der Waals surface area (Å²) in [6.07, 6.45) is 0. The Morgan fingerprint density at radius 1 is 1.19 bits per heavy atom. The smallest absolute Gasteiger partial charge is 0.245 e. The first-order valence-corrected chi connectivity index (χ1v) is 9.94. The van der Waals surface area contributed by atoms with Gasteiger partial charge in [-0.25, -0.2) is 12.8 Å². The maximum absolute atomic E-state index is 13.6. The number of sulfonamides is 1. The van der Waals surface area contributed by atoms with E-state index in [0.717, 1.165) is 11.7 Å². The van der Waals surface area contributed by atoms with Gasteiger partial charge < -0.3 is 5.32 Å². The zero-order valence-corrected chi connectivity index (χ0v) is 16.0. The molecule has 1 aromatic heterocycles. The lowest BCUT2D eigenvalue weighted by atomic mass is 10.1. The molecule has 1 unspecified atom stereocenters. The summed E-state index contributed by atoms with van der Waals surface area (Å²) in [5, 5.41) is 3.18. The third-order valence-electron chi connectivity index (χ3n) is 4.26. The van der Waals surface area contributed by atoms with Gasteiger partial charge in [-0.15, -0.1) is 12.4 Å². The molecule has 4 rings (SSSR count). The zero-order chi connectivity index (χ0) is 17.4. The van der Waals surface area contributed by atoms with Crippen LogP contribution in [0.4, 0.5) is 4.39 Å². The highest BCUT2D eigenvalue weighted by Crippen LogP contribution is 2.31. The van der Waals surface area contributed by atoms with Crippen molar-refractivity contribution in [3.8, 4) is 0 Å². The molecule has 1 fully saturated rings. The van der Waals surface area contributed by atoms with E-state index in [1.165, 1.54) is 16.4 Å². The number of benzene rings is 2. The van der Waals surface area contributed by atoms with E-state index >= 15 is 0 Å². The van der Waals surface area contributed by atoms with Crippen LogP contribution in [0.5, 0.6) is 0 Å². The van der Waals surface area contributed by atoms with Gasteiger partial charge >= 0.3 is 0 Å². The Morgan fingerprint density at radius 3 is 2.81 bits per heavy atom. The second kappa shape index (κ2) is 7.53. The van der Waals surface area contributed by atoms with Gasteiger partial charge in [-0.1, -0.05) is 18.2 Å². The summed E-state index contributed by atoms with van der Waals surface area (Å²) >= 11 is 0.984. The molecule has 0 radical (unpaired) electrons. The lowest BCUT2D eigenvalue weighted by Gasteiger charge is -2.35. The second-order valence-electron chi connectivity index (χ2n) is 5.78. The summed E-state index contributed by atoms with van der Waals surface area (Å²) < 4.78 is 49.9. The molecule has 0 saturated carbocycles. The van der Waals surface area contributed by atoms with E-state index < -0.39 is 16.1 Å². The standard InChI is InChI=1S/C16H15FN4O2S2.ClH/c17-12-4-1-3-11(9-12)14-10-18-7-8-21(14)25(22,23)15-6-2-5-13-16(15)20-24-19-13;/h1-6,9,14,18H,7-8,10H2;1H. The molecule has 2 heterocycles. The van der Waals surface area contributed by atoms with Crippen LogP contribution in [0.2, 0.25) is 0 Å². The molecule has 1 N–H and O–H groups in total. The molecule has 138 valence electrons. The van der Waals surface area contributed by atoms with Crippen molar-refractivity contribution in [1.82, 2.24) is 18.4 Å². The molecule has 0 aliphatic carbocycles. The summed E-state index contributed by atoms with van der Waals surface area (Å²) in [6.45, 7) is 1.27. The van der Waals surface area contributed by atoms with Crippen LogP contribution in [-0.2, 0) is 10.0 Å². The quantitative estimate of drug-likeness (QED) is 0.713. The molecule has 26 heavy (non-hydrogen) atoms. The van der Waals surface area contributed by atoms with Crippen molar-refractivity contribution in [2.24, 2.45) is 0 Å². The highest BCUT2D eigenvalue weighted by atomic mass is 35.5. The molecule has 0 bridgehead atoms. The average molecular weight is 415 g/mol. The first-order chi connectivity index (χ1) is 12.1. The van der Waals surface area contributed by atoms with Gasteiger partial charge in [-0.3, -0.25) is 0 Å². The second-order valence-corrected chi connectivity index (χ2v) is 8.17. The van der Waals surface area contributed by atoms with Crippen molar-refractivity contribution in [3.05, 3.63) is 53.8 Å².